The van der Waals surface area contributed by atoms with E-state index in [9.17, 15) is 9.18 Å². The van der Waals surface area contributed by atoms with Crippen LogP contribution in [0.5, 0.6) is 0 Å². The lowest BCUT2D eigenvalue weighted by Gasteiger charge is -2.28. The molecule has 5 rings (SSSR count). The summed E-state index contributed by atoms with van der Waals surface area (Å²) >= 11 is 0. The van der Waals surface area contributed by atoms with E-state index in [1.54, 1.807) is 0 Å². The van der Waals surface area contributed by atoms with Crippen LogP contribution in [0.4, 0.5) is 10.1 Å². The summed E-state index contributed by atoms with van der Waals surface area (Å²) in [6.07, 6.45) is 0.878. The zero-order chi connectivity index (χ0) is 18.4. The lowest BCUT2D eigenvalue weighted by Crippen LogP contribution is -2.35. The number of para-hydroxylation sites is 1. The van der Waals surface area contributed by atoms with E-state index in [0.29, 0.717) is 30.9 Å². The number of benzene rings is 2. The topological polar surface area (TPSA) is 41.6 Å². The summed E-state index contributed by atoms with van der Waals surface area (Å²) in [5, 5.41) is 2.91. The molecule has 1 fully saturated rings. The molecule has 27 heavy (non-hydrogen) atoms. The number of nitrogens with one attached hydrogen (secondary N) is 1. The first-order chi connectivity index (χ1) is 13.2. The van der Waals surface area contributed by atoms with Gasteiger partial charge in [0.25, 0.3) is 5.91 Å². The smallest absolute Gasteiger partial charge is 0.260 e. The van der Waals surface area contributed by atoms with Gasteiger partial charge in [-0.05, 0) is 31.0 Å². The summed E-state index contributed by atoms with van der Waals surface area (Å²) in [6.45, 7) is 2.67. The Hall–Kier alpha value is -2.66. The fraction of sp³-hybridized carbons (Fsp3) is 0.318. The number of fused-ring (bicyclic) bond motifs is 2. The molecule has 0 saturated carbocycles. The van der Waals surface area contributed by atoms with Crippen molar-refractivity contribution in [1.29, 1.82) is 0 Å². The molecule has 0 radical (unpaired) electrons. The third kappa shape index (κ3) is 2.92. The van der Waals surface area contributed by atoms with Crippen LogP contribution >= 0.6 is 0 Å². The van der Waals surface area contributed by atoms with Gasteiger partial charge in [0, 0.05) is 35.5 Å². The fourth-order valence-corrected chi connectivity index (χ4v) is 4.26. The van der Waals surface area contributed by atoms with Crippen LogP contribution in [0.3, 0.4) is 0 Å². The summed E-state index contributed by atoms with van der Waals surface area (Å²) in [5.41, 5.74) is 5.53. The largest absolute Gasteiger partial charge is 0.487 e. The van der Waals surface area contributed by atoms with Crippen molar-refractivity contribution in [2.75, 3.05) is 18.4 Å². The van der Waals surface area contributed by atoms with Crippen molar-refractivity contribution in [3.05, 3.63) is 64.7 Å². The Labute approximate surface area is 157 Å². The van der Waals surface area contributed by atoms with Gasteiger partial charge in [-0.15, -0.1) is 0 Å². The molecule has 1 N–H and O–H groups in total. The summed E-state index contributed by atoms with van der Waals surface area (Å²) in [5.74, 6) is 0.534. The summed E-state index contributed by atoms with van der Waals surface area (Å²) in [6, 6.07) is 13.9. The van der Waals surface area contributed by atoms with Gasteiger partial charge in [0.1, 0.15) is 18.5 Å². The second kappa shape index (κ2) is 6.50. The Morgan fingerprint density at radius 3 is 2.96 bits per heavy atom. The maximum Gasteiger partial charge on any atom is 0.260 e. The number of amides is 1. The Morgan fingerprint density at radius 2 is 2.07 bits per heavy atom. The molecule has 3 aliphatic heterocycles. The van der Waals surface area contributed by atoms with Crippen LogP contribution in [0.1, 0.15) is 35.1 Å². The van der Waals surface area contributed by atoms with Crippen molar-refractivity contribution in [2.45, 2.75) is 32.2 Å². The van der Waals surface area contributed by atoms with Gasteiger partial charge < -0.3 is 10.1 Å². The standard InChI is InChI=1S/C22H21FN2O2/c23-16-4-3-9-25(12-16)11-14-7-8-17-15(10-14)13-27-21(17)20-18-5-1-2-6-19(18)24-22(20)26/h1-2,5-8,10,16H,3-4,9,11-13H2,(H,24,26)/b21-20+. The number of nitrogens with zero attached hydrogens (tertiary/aromatic N) is 1. The van der Waals surface area contributed by atoms with Crippen molar-refractivity contribution >= 4 is 22.9 Å². The summed E-state index contributed by atoms with van der Waals surface area (Å²) in [7, 11) is 0. The Bertz CT molecular complexity index is 953. The maximum absolute atomic E-state index is 13.6. The van der Waals surface area contributed by atoms with Gasteiger partial charge in [0.15, 0.2) is 0 Å². The first-order valence-corrected chi connectivity index (χ1v) is 9.45. The van der Waals surface area contributed by atoms with Gasteiger partial charge in [-0.2, -0.15) is 0 Å². The monoisotopic (exact) mass is 364 g/mol. The van der Waals surface area contributed by atoms with E-state index in [2.05, 4.69) is 22.3 Å². The third-order valence-electron chi connectivity index (χ3n) is 5.54. The first kappa shape index (κ1) is 16.5. The third-order valence-corrected chi connectivity index (χ3v) is 5.54. The van der Waals surface area contributed by atoms with E-state index >= 15 is 0 Å². The molecule has 138 valence electrons. The van der Waals surface area contributed by atoms with Crippen LogP contribution in [0.25, 0.3) is 11.3 Å². The number of halogens is 1. The number of piperidine rings is 1. The molecule has 2 aromatic rings. The average molecular weight is 364 g/mol. The lowest BCUT2D eigenvalue weighted by atomic mass is 9.99. The molecular formula is C22H21FN2O2. The van der Waals surface area contributed by atoms with Crippen LogP contribution < -0.4 is 5.32 Å². The van der Waals surface area contributed by atoms with E-state index in [4.69, 9.17) is 4.74 Å². The van der Waals surface area contributed by atoms with Crippen LogP contribution in [0.15, 0.2) is 42.5 Å². The zero-order valence-corrected chi connectivity index (χ0v) is 15.0. The molecule has 0 bridgehead atoms. The maximum atomic E-state index is 13.6. The molecule has 3 heterocycles. The highest BCUT2D eigenvalue weighted by atomic mass is 19.1. The fourth-order valence-electron chi connectivity index (χ4n) is 4.26. The molecule has 1 amide bonds. The normalized spacial score (nSPS) is 24.3. The summed E-state index contributed by atoms with van der Waals surface area (Å²) < 4.78 is 19.6. The predicted octanol–water partition coefficient (Wildman–Crippen LogP) is 3.97. The van der Waals surface area contributed by atoms with Gasteiger partial charge in [-0.1, -0.05) is 36.4 Å². The zero-order valence-electron chi connectivity index (χ0n) is 15.0. The van der Waals surface area contributed by atoms with E-state index in [-0.39, 0.29) is 5.91 Å². The van der Waals surface area contributed by atoms with Crippen LogP contribution in [0, 0.1) is 0 Å². The van der Waals surface area contributed by atoms with E-state index < -0.39 is 6.17 Å². The Kier molecular flexibility index (Phi) is 3.97. The second-order valence-corrected chi connectivity index (χ2v) is 7.46. The van der Waals surface area contributed by atoms with E-state index in [0.717, 1.165) is 47.5 Å². The number of hydrogen-bond donors (Lipinski definition) is 1. The number of alkyl halides is 1. The Morgan fingerprint density at radius 1 is 1.19 bits per heavy atom. The van der Waals surface area contributed by atoms with E-state index in [1.807, 2.05) is 30.3 Å². The highest BCUT2D eigenvalue weighted by Gasteiger charge is 2.32. The van der Waals surface area contributed by atoms with Crippen molar-refractivity contribution in [1.82, 2.24) is 4.90 Å². The second-order valence-electron chi connectivity index (χ2n) is 7.46. The number of likely N-dealkylation sites (tertiary alicyclic amines) is 1. The molecule has 0 aromatic heterocycles. The predicted molar refractivity (Wildman–Crippen MR) is 103 cm³/mol. The van der Waals surface area contributed by atoms with Gasteiger partial charge in [-0.3, -0.25) is 9.69 Å². The van der Waals surface area contributed by atoms with Gasteiger partial charge >= 0.3 is 0 Å². The van der Waals surface area contributed by atoms with Gasteiger partial charge in [-0.25, -0.2) is 4.39 Å². The number of ether oxygens (including phenoxy) is 1. The van der Waals surface area contributed by atoms with Gasteiger partial charge in [0.05, 0.1) is 5.57 Å². The lowest BCUT2D eigenvalue weighted by molar-refractivity contribution is -0.110. The average Bonchev–Trinajstić information content (AvgIpc) is 3.21. The molecule has 0 aliphatic carbocycles. The number of carbonyl (C=O) groups excluding carboxylic acids is 1. The molecular weight excluding hydrogens is 343 g/mol. The number of hydrogen-bond acceptors (Lipinski definition) is 3. The molecule has 2 aromatic carbocycles. The molecule has 0 spiro atoms. The number of carbonyl (C=O) groups is 1. The highest BCUT2D eigenvalue weighted by Crippen LogP contribution is 2.41. The van der Waals surface area contributed by atoms with Crippen molar-refractivity contribution in [2.24, 2.45) is 0 Å². The van der Waals surface area contributed by atoms with Crippen LogP contribution in [-0.4, -0.2) is 30.1 Å². The van der Waals surface area contributed by atoms with Crippen molar-refractivity contribution < 1.29 is 13.9 Å². The highest BCUT2D eigenvalue weighted by molar-refractivity contribution is 6.36. The minimum absolute atomic E-state index is 0.120. The minimum atomic E-state index is -0.714. The molecule has 5 heteroatoms. The van der Waals surface area contributed by atoms with Crippen molar-refractivity contribution in [3.8, 4) is 0 Å². The quantitative estimate of drug-likeness (QED) is 0.820. The molecule has 3 aliphatic rings. The van der Waals surface area contributed by atoms with Crippen LogP contribution in [-0.2, 0) is 22.7 Å². The SMILES string of the molecule is O=C1Nc2ccccc2/C1=C1\OCc2cc(CN3CCCC(F)C3)ccc21. The van der Waals surface area contributed by atoms with Gasteiger partial charge in [0.2, 0.25) is 0 Å². The first-order valence-electron chi connectivity index (χ1n) is 9.45. The molecule has 4 nitrogen and oxygen atoms in total. The van der Waals surface area contributed by atoms with Crippen LogP contribution in [0.2, 0.25) is 0 Å². The summed E-state index contributed by atoms with van der Waals surface area (Å²) in [4.78, 5) is 14.7. The number of rotatable bonds is 2. The number of anilines is 1. The minimum Gasteiger partial charge on any atom is -0.487 e. The Balaban J connectivity index is 1.46. The van der Waals surface area contributed by atoms with E-state index in [1.165, 1.54) is 0 Å². The molecule has 1 saturated heterocycles. The molecule has 1 unspecified atom stereocenters. The molecule has 1 atom stereocenters. The van der Waals surface area contributed by atoms with Crippen molar-refractivity contribution in [3.63, 3.8) is 0 Å².